The van der Waals surface area contributed by atoms with E-state index in [4.69, 9.17) is 5.73 Å². The third-order valence-corrected chi connectivity index (χ3v) is 3.88. The Morgan fingerprint density at radius 2 is 2.05 bits per heavy atom. The minimum atomic E-state index is -4.80. The Hall–Kier alpha value is -1.63. The van der Waals surface area contributed by atoms with Gasteiger partial charge in [0, 0.05) is 12.2 Å². The predicted octanol–water partition coefficient (Wildman–Crippen LogP) is 3.16. The molecular weight excluding hydrogens is 288 g/mol. The van der Waals surface area contributed by atoms with Gasteiger partial charge in [-0.2, -0.15) is 13.2 Å². The van der Waals surface area contributed by atoms with E-state index in [1.165, 1.54) is 0 Å². The van der Waals surface area contributed by atoms with E-state index >= 15 is 0 Å². The van der Waals surface area contributed by atoms with Gasteiger partial charge < -0.3 is 11.1 Å². The highest BCUT2D eigenvalue weighted by molar-refractivity contribution is 5.96. The highest BCUT2D eigenvalue weighted by Crippen LogP contribution is 2.45. The Labute approximate surface area is 119 Å². The molecule has 1 aromatic rings. The van der Waals surface area contributed by atoms with Crippen molar-refractivity contribution in [3.05, 3.63) is 29.6 Å². The first-order valence-corrected chi connectivity index (χ1v) is 6.56. The van der Waals surface area contributed by atoms with Gasteiger partial charge in [-0.15, -0.1) is 0 Å². The second-order valence-corrected chi connectivity index (χ2v) is 5.64. The van der Waals surface area contributed by atoms with Crippen LogP contribution in [0.15, 0.2) is 18.2 Å². The summed E-state index contributed by atoms with van der Waals surface area (Å²) in [6.07, 6.45) is -3.60. The number of carbonyl (C=O) groups is 1. The Morgan fingerprint density at radius 3 is 2.52 bits per heavy atom. The van der Waals surface area contributed by atoms with E-state index in [2.05, 4.69) is 5.32 Å². The van der Waals surface area contributed by atoms with Crippen molar-refractivity contribution in [1.82, 2.24) is 0 Å². The van der Waals surface area contributed by atoms with Crippen LogP contribution in [0.3, 0.4) is 0 Å². The van der Waals surface area contributed by atoms with Crippen LogP contribution in [-0.2, 0) is 11.0 Å². The van der Waals surface area contributed by atoms with Crippen molar-refractivity contribution in [3.63, 3.8) is 0 Å². The summed E-state index contributed by atoms with van der Waals surface area (Å²) < 4.78 is 51.0. The van der Waals surface area contributed by atoms with Crippen LogP contribution >= 0.6 is 0 Å². The highest BCUT2D eigenvalue weighted by Gasteiger charge is 2.47. The summed E-state index contributed by atoms with van der Waals surface area (Å²) >= 11 is 0. The molecule has 3 N–H and O–H groups in total. The predicted molar refractivity (Wildman–Crippen MR) is 69.9 cm³/mol. The number of nitrogens with two attached hydrogens (primary N) is 1. The summed E-state index contributed by atoms with van der Waals surface area (Å²) in [5.41, 5.74) is 3.40. The van der Waals surface area contributed by atoms with Gasteiger partial charge in [-0.05, 0) is 37.0 Å². The molecule has 1 fully saturated rings. The molecule has 0 atom stereocenters. The number of hydrogen-bond acceptors (Lipinski definition) is 2. The van der Waals surface area contributed by atoms with Crippen molar-refractivity contribution in [3.8, 4) is 0 Å². The topological polar surface area (TPSA) is 55.1 Å². The molecule has 116 valence electrons. The van der Waals surface area contributed by atoms with Gasteiger partial charge in [-0.1, -0.05) is 6.92 Å². The van der Waals surface area contributed by atoms with Crippen molar-refractivity contribution in [2.75, 3.05) is 11.9 Å². The summed E-state index contributed by atoms with van der Waals surface area (Å²) in [5, 5.41) is 2.41. The maximum Gasteiger partial charge on any atom is 0.419 e. The lowest BCUT2D eigenvalue weighted by Crippen LogP contribution is -2.51. The minimum absolute atomic E-state index is 0.0823. The molecule has 3 nitrogen and oxygen atoms in total. The van der Waals surface area contributed by atoms with Crippen LogP contribution in [0.25, 0.3) is 0 Å². The standard InChI is InChI=1S/C14H16F4N2O/c1-8-5-13(6-8,7-19)12(21)20-9-2-3-11(15)10(4-9)14(16,17)18/h2-4,8H,5-7,19H2,1H3,(H,20,21). The number of halogens is 4. The highest BCUT2D eigenvalue weighted by atomic mass is 19.4. The van der Waals surface area contributed by atoms with Crippen molar-refractivity contribution in [1.29, 1.82) is 0 Å². The molecule has 1 aliphatic rings. The first kappa shape index (κ1) is 15.8. The number of hydrogen-bond donors (Lipinski definition) is 2. The van der Waals surface area contributed by atoms with Crippen LogP contribution in [0.5, 0.6) is 0 Å². The molecule has 0 aliphatic heterocycles. The van der Waals surface area contributed by atoms with E-state index in [1.54, 1.807) is 0 Å². The van der Waals surface area contributed by atoms with Gasteiger partial charge in [0.25, 0.3) is 0 Å². The average Bonchev–Trinajstić information content (AvgIpc) is 2.35. The zero-order valence-corrected chi connectivity index (χ0v) is 11.4. The first-order valence-electron chi connectivity index (χ1n) is 6.56. The molecule has 0 bridgehead atoms. The molecule has 21 heavy (non-hydrogen) atoms. The van der Waals surface area contributed by atoms with Gasteiger partial charge in [0.05, 0.1) is 11.0 Å². The molecule has 0 heterocycles. The molecule has 1 aromatic carbocycles. The van der Waals surface area contributed by atoms with E-state index in [9.17, 15) is 22.4 Å². The van der Waals surface area contributed by atoms with E-state index in [0.29, 0.717) is 30.9 Å². The second kappa shape index (κ2) is 5.29. The summed E-state index contributed by atoms with van der Waals surface area (Å²) in [6, 6.07) is 2.39. The number of carbonyl (C=O) groups excluding carboxylic acids is 1. The van der Waals surface area contributed by atoms with Gasteiger partial charge in [0.1, 0.15) is 5.82 Å². The van der Waals surface area contributed by atoms with Crippen LogP contribution in [0.1, 0.15) is 25.3 Å². The number of alkyl halides is 3. The van der Waals surface area contributed by atoms with Crippen LogP contribution in [0.4, 0.5) is 23.2 Å². The van der Waals surface area contributed by atoms with E-state index < -0.39 is 28.9 Å². The molecule has 0 aromatic heterocycles. The van der Waals surface area contributed by atoms with Gasteiger partial charge in [-0.3, -0.25) is 4.79 Å². The lowest BCUT2D eigenvalue weighted by Gasteiger charge is -2.44. The molecule has 2 rings (SSSR count). The smallest absolute Gasteiger partial charge is 0.329 e. The summed E-state index contributed by atoms with van der Waals surface area (Å²) in [5.74, 6) is -1.42. The fraction of sp³-hybridized carbons (Fsp3) is 0.500. The Bertz CT molecular complexity index is 550. The van der Waals surface area contributed by atoms with Crippen molar-refractivity contribution in [2.45, 2.75) is 25.9 Å². The second-order valence-electron chi connectivity index (χ2n) is 5.64. The number of benzene rings is 1. The lowest BCUT2D eigenvalue weighted by molar-refractivity contribution is -0.140. The fourth-order valence-corrected chi connectivity index (χ4v) is 2.80. The Kier molecular flexibility index (Phi) is 3.97. The molecule has 1 saturated carbocycles. The molecule has 1 amide bonds. The summed E-state index contributed by atoms with van der Waals surface area (Å²) in [7, 11) is 0. The first-order chi connectivity index (χ1) is 9.68. The zero-order valence-electron chi connectivity index (χ0n) is 11.4. The van der Waals surface area contributed by atoms with Crippen LogP contribution in [0.2, 0.25) is 0 Å². The molecule has 0 radical (unpaired) electrons. The van der Waals surface area contributed by atoms with Crippen LogP contribution in [-0.4, -0.2) is 12.5 Å². The van der Waals surface area contributed by atoms with Crippen LogP contribution < -0.4 is 11.1 Å². The maximum absolute atomic E-state index is 13.2. The number of rotatable bonds is 3. The van der Waals surface area contributed by atoms with E-state index in [0.717, 1.165) is 6.07 Å². The SMILES string of the molecule is CC1CC(CN)(C(=O)Nc2ccc(F)c(C(F)(F)F)c2)C1. The van der Waals surface area contributed by atoms with Gasteiger partial charge >= 0.3 is 6.18 Å². The van der Waals surface area contributed by atoms with Gasteiger partial charge in [0.15, 0.2) is 0 Å². The number of anilines is 1. The maximum atomic E-state index is 13.2. The lowest BCUT2D eigenvalue weighted by atomic mass is 9.62. The molecule has 0 spiro atoms. The molecule has 0 unspecified atom stereocenters. The number of amides is 1. The summed E-state index contributed by atoms with van der Waals surface area (Å²) in [6.45, 7) is 2.11. The molecule has 1 aliphatic carbocycles. The van der Waals surface area contributed by atoms with Crippen molar-refractivity contribution >= 4 is 11.6 Å². The third kappa shape index (κ3) is 3.02. The minimum Gasteiger partial charge on any atom is -0.329 e. The quantitative estimate of drug-likeness (QED) is 0.843. The Balaban J connectivity index is 2.19. The summed E-state index contributed by atoms with van der Waals surface area (Å²) in [4.78, 5) is 12.2. The van der Waals surface area contributed by atoms with Crippen LogP contribution in [0, 0.1) is 17.2 Å². The molecular formula is C14H16F4N2O. The largest absolute Gasteiger partial charge is 0.419 e. The monoisotopic (exact) mass is 304 g/mol. The fourth-order valence-electron chi connectivity index (χ4n) is 2.80. The third-order valence-electron chi connectivity index (χ3n) is 3.88. The van der Waals surface area contributed by atoms with Gasteiger partial charge in [-0.25, -0.2) is 4.39 Å². The number of nitrogens with one attached hydrogen (secondary N) is 1. The average molecular weight is 304 g/mol. The normalized spacial score (nSPS) is 25.3. The van der Waals surface area contributed by atoms with Crippen molar-refractivity contribution < 1.29 is 22.4 Å². The van der Waals surface area contributed by atoms with Gasteiger partial charge in [0.2, 0.25) is 5.91 Å². The van der Waals surface area contributed by atoms with Crippen molar-refractivity contribution in [2.24, 2.45) is 17.1 Å². The zero-order chi connectivity index (χ0) is 15.8. The Morgan fingerprint density at radius 1 is 1.43 bits per heavy atom. The van der Waals surface area contributed by atoms with E-state index in [1.807, 2.05) is 6.92 Å². The molecule has 0 saturated heterocycles. The van der Waals surface area contributed by atoms with E-state index in [-0.39, 0.29) is 12.2 Å². The molecule has 7 heteroatoms.